The Morgan fingerprint density at radius 2 is 1.15 bits per heavy atom. The van der Waals surface area contributed by atoms with E-state index < -0.39 is 0 Å². The summed E-state index contributed by atoms with van der Waals surface area (Å²) in [5.41, 5.74) is 12.2. The van der Waals surface area contributed by atoms with Gasteiger partial charge < -0.3 is 9.23 Å². The molecule has 2 aliphatic heterocycles. The molecule has 0 atom stereocenters. The van der Waals surface area contributed by atoms with Gasteiger partial charge in [-0.2, -0.15) is 0 Å². The fourth-order valence-electron chi connectivity index (χ4n) is 5.97. The second kappa shape index (κ2) is 6.17. The van der Waals surface area contributed by atoms with E-state index in [0.717, 1.165) is 11.2 Å². The molecule has 3 heteroatoms. The van der Waals surface area contributed by atoms with Crippen LogP contribution in [0, 0.1) is 0 Å². The molecular formula is C30H18BNO. The topological polar surface area (TPSA) is 16.4 Å². The fourth-order valence-corrected chi connectivity index (χ4v) is 5.97. The van der Waals surface area contributed by atoms with Crippen LogP contribution in [0.3, 0.4) is 0 Å². The molecule has 5 aromatic carbocycles. The van der Waals surface area contributed by atoms with Crippen molar-refractivity contribution in [3.05, 3.63) is 109 Å². The lowest BCUT2D eigenvalue weighted by Gasteiger charge is -2.43. The van der Waals surface area contributed by atoms with E-state index in [1.807, 2.05) is 6.07 Å². The van der Waals surface area contributed by atoms with Gasteiger partial charge in [0.2, 0.25) is 0 Å². The van der Waals surface area contributed by atoms with Crippen LogP contribution in [-0.2, 0) is 0 Å². The maximum Gasteiger partial charge on any atom is 0.329 e. The van der Waals surface area contributed by atoms with Crippen LogP contribution in [0.2, 0.25) is 0 Å². The quantitative estimate of drug-likeness (QED) is 0.262. The molecule has 0 radical (unpaired) electrons. The van der Waals surface area contributed by atoms with Crippen LogP contribution < -0.4 is 15.7 Å². The van der Waals surface area contributed by atoms with E-state index in [2.05, 4.69) is 108 Å². The molecule has 8 rings (SSSR count). The van der Waals surface area contributed by atoms with Gasteiger partial charge in [-0.1, -0.05) is 84.9 Å². The van der Waals surface area contributed by atoms with Crippen molar-refractivity contribution in [2.24, 2.45) is 0 Å². The van der Waals surface area contributed by atoms with Crippen molar-refractivity contribution in [1.82, 2.24) is 0 Å². The van der Waals surface area contributed by atoms with Gasteiger partial charge in [-0.25, -0.2) is 0 Å². The Bertz CT molecular complexity index is 1750. The van der Waals surface area contributed by atoms with Crippen LogP contribution in [0.4, 0.5) is 11.4 Å². The van der Waals surface area contributed by atoms with Crippen molar-refractivity contribution in [3.8, 4) is 22.3 Å². The predicted molar refractivity (Wildman–Crippen MR) is 138 cm³/mol. The van der Waals surface area contributed by atoms with Crippen molar-refractivity contribution in [2.45, 2.75) is 0 Å². The lowest BCUT2D eigenvalue weighted by atomic mass is 9.43. The number of rotatable bonds is 0. The molecule has 2 nitrogen and oxygen atoms in total. The van der Waals surface area contributed by atoms with Gasteiger partial charge in [0.15, 0.2) is 0 Å². The van der Waals surface area contributed by atoms with Gasteiger partial charge in [-0.15, -0.1) is 0 Å². The van der Waals surface area contributed by atoms with Gasteiger partial charge in [0, 0.05) is 27.9 Å². The van der Waals surface area contributed by atoms with Crippen LogP contribution >= 0.6 is 0 Å². The number of hydrogen-bond acceptors (Lipinski definition) is 2. The number of hydrogen-bond donors (Lipinski definition) is 0. The van der Waals surface area contributed by atoms with Gasteiger partial charge in [-0.3, -0.25) is 0 Å². The highest BCUT2D eigenvalue weighted by Crippen LogP contribution is 2.50. The molecule has 33 heavy (non-hydrogen) atoms. The normalized spacial score (nSPS) is 13.3. The molecular weight excluding hydrogens is 401 g/mol. The Hall–Kier alpha value is -4.24. The third kappa shape index (κ3) is 2.14. The summed E-state index contributed by atoms with van der Waals surface area (Å²) in [7, 11) is 0. The van der Waals surface area contributed by atoms with Crippen LogP contribution in [0.25, 0.3) is 44.2 Å². The first kappa shape index (κ1) is 17.3. The van der Waals surface area contributed by atoms with E-state index in [1.54, 1.807) is 0 Å². The summed E-state index contributed by atoms with van der Waals surface area (Å²) >= 11 is 0. The van der Waals surface area contributed by atoms with E-state index in [0.29, 0.717) is 0 Å². The summed E-state index contributed by atoms with van der Waals surface area (Å²) in [4.78, 5) is 2.56. The standard InChI is InChI=1S/C30H18BNO/c1-5-13-24-19(9-1)21-11-3-7-15-26(21)32-30-22(20-10-2-6-14-25(20)31(24)32)17-18-28-29(30)23-12-4-8-16-27(23)33-28/h1-18H. The minimum absolute atomic E-state index is 0.110. The predicted octanol–water partition coefficient (Wildman–Crippen LogP) is 6.49. The summed E-state index contributed by atoms with van der Waals surface area (Å²) < 4.78 is 6.32. The molecule has 3 heterocycles. The Morgan fingerprint density at radius 1 is 0.515 bits per heavy atom. The van der Waals surface area contributed by atoms with Crippen LogP contribution in [0.1, 0.15) is 0 Å². The van der Waals surface area contributed by atoms with Crippen LogP contribution in [0.5, 0.6) is 0 Å². The largest absolute Gasteiger partial charge is 0.456 e. The molecule has 0 unspecified atom stereocenters. The molecule has 0 saturated heterocycles. The van der Waals surface area contributed by atoms with Crippen LogP contribution in [0.15, 0.2) is 114 Å². The lowest BCUT2D eigenvalue weighted by molar-refractivity contribution is 0.669. The first-order chi connectivity index (χ1) is 16.4. The molecule has 0 bridgehead atoms. The number of fused-ring (bicyclic) bond motifs is 15. The second-order valence-corrected chi connectivity index (χ2v) is 8.90. The SMILES string of the molecule is c1ccc2c(c1)B1c3ccccc3-c3ccc4oc5ccccc5c4c3N1c1ccccc1-2. The van der Waals surface area contributed by atoms with E-state index in [-0.39, 0.29) is 6.85 Å². The van der Waals surface area contributed by atoms with Gasteiger partial charge in [0.05, 0.1) is 5.39 Å². The molecule has 0 N–H and O–H groups in total. The number of furan rings is 1. The summed E-state index contributed by atoms with van der Waals surface area (Å²) in [5.74, 6) is 0. The molecule has 2 aliphatic rings. The minimum atomic E-state index is 0.110. The monoisotopic (exact) mass is 419 g/mol. The zero-order chi connectivity index (χ0) is 21.5. The van der Waals surface area contributed by atoms with Gasteiger partial charge in [0.1, 0.15) is 11.2 Å². The average molecular weight is 419 g/mol. The molecule has 152 valence electrons. The molecule has 0 spiro atoms. The van der Waals surface area contributed by atoms with Crippen molar-refractivity contribution in [2.75, 3.05) is 4.81 Å². The van der Waals surface area contributed by atoms with E-state index >= 15 is 0 Å². The van der Waals surface area contributed by atoms with E-state index in [4.69, 9.17) is 4.42 Å². The summed E-state index contributed by atoms with van der Waals surface area (Å²) in [6.45, 7) is 0.110. The van der Waals surface area contributed by atoms with Crippen LogP contribution in [-0.4, -0.2) is 6.85 Å². The molecule has 0 fully saturated rings. The van der Waals surface area contributed by atoms with E-state index in [9.17, 15) is 0 Å². The van der Waals surface area contributed by atoms with E-state index in [1.165, 1.54) is 55.3 Å². The van der Waals surface area contributed by atoms with Gasteiger partial charge >= 0.3 is 6.85 Å². The third-order valence-electron chi connectivity index (χ3n) is 7.27. The number of nitrogens with zero attached hydrogens (tertiary/aromatic N) is 1. The smallest absolute Gasteiger partial charge is 0.329 e. The average Bonchev–Trinajstić information content (AvgIpc) is 3.27. The summed E-state index contributed by atoms with van der Waals surface area (Å²) in [5, 5.41) is 2.36. The first-order valence-corrected chi connectivity index (χ1v) is 11.4. The van der Waals surface area contributed by atoms with Crippen molar-refractivity contribution >= 4 is 51.1 Å². The summed E-state index contributed by atoms with van der Waals surface area (Å²) in [6, 6.07) is 39.3. The lowest BCUT2D eigenvalue weighted by Crippen LogP contribution is -2.59. The summed E-state index contributed by atoms with van der Waals surface area (Å²) in [6.07, 6.45) is 0. The zero-order valence-electron chi connectivity index (χ0n) is 17.8. The third-order valence-corrected chi connectivity index (χ3v) is 7.27. The molecule has 6 aromatic rings. The van der Waals surface area contributed by atoms with Gasteiger partial charge in [0.25, 0.3) is 0 Å². The zero-order valence-corrected chi connectivity index (χ0v) is 17.8. The number of anilines is 2. The van der Waals surface area contributed by atoms with Crippen molar-refractivity contribution in [3.63, 3.8) is 0 Å². The fraction of sp³-hybridized carbons (Fsp3) is 0. The second-order valence-electron chi connectivity index (χ2n) is 8.90. The molecule has 1 aromatic heterocycles. The Kier molecular flexibility index (Phi) is 3.24. The molecule has 0 amide bonds. The highest BCUT2D eigenvalue weighted by Gasteiger charge is 2.43. The Balaban J connectivity index is 1.60. The first-order valence-electron chi connectivity index (χ1n) is 11.4. The highest BCUT2D eigenvalue weighted by molar-refractivity contribution is 6.92. The Morgan fingerprint density at radius 3 is 1.97 bits per heavy atom. The molecule has 0 saturated carbocycles. The van der Waals surface area contributed by atoms with Crippen molar-refractivity contribution < 1.29 is 4.42 Å². The highest BCUT2D eigenvalue weighted by atomic mass is 16.3. The Labute approximate surface area is 191 Å². The van der Waals surface area contributed by atoms with Crippen molar-refractivity contribution in [1.29, 1.82) is 0 Å². The minimum Gasteiger partial charge on any atom is -0.456 e. The maximum absolute atomic E-state index is 6.32. The molecule has 0 aliphatic carbocycles. The number of para-hydroxylation sites is 2. The number of benzene rings is 5. The van der Waals surface area contributed by atoms with Gasteiger partial charge in [-0.05, 0) is 46.3 Å². The maximum atomic E-state index is 6.32.